The van der Waals surface area contributed by atoms with Gasteiger partial charge in [0.1, 0.15) is 0 Å². The second-order valence-corrected chi connectivity index (χ2v) is 12.8. The molecule has 0 aromatic rings. The first-order chi connectivity index (χ1) is 5.12. The van der Waals surface area contributed by atoms with E-state index in [0.717, 1.165) is 24.3 Å². The van der Waals surface area contributed by atoms with Crippen LogP contribution in [0.4, 0.5) is 0 Å². The first-order valence-corrected chi connectivity index (χ1v) is 9.68. The van der Waals surface area contributed by atoms with E-state index in [-0.39, 0.29) is 0 Å². The maximum atomic E-state index is 9.63. The molecule has 0 aromatic carbocycles. The largest absolute Gasteiger partial charge is 0.350 e. The van der Waals surface area contributed by atoms with E-state index in [9.17, 15) is 4.89 Å². The molecule has 0 rings (SSSR count). The van der Waals surface area contributed by atoms with Crippen LogP contribution in [0.5, 0.6) is 0 Å². The highest BCUT2D eigenvalue weighted by atomic mass is 33.2. The molecule has 0 bridgehead atoms. The van der Waals surface area contributed by atoms with Crippen molar-refractivity contribution >= 4 is 39.2 Å². The van der Waals surface area contributed by atoms with Gasteiger partial charge < -0.3 is 4.89 Å². The Morgan fingerprint density at radius 3 is 1.82 bits per heavy atom. The molecule has 1 nitrogen and oxygen atoms in total. The van der Waals surface area contributed by atoms with Crippen molar-refractivity contribution in [2.24, 2.45) is 0 Å². The molecule has 0 radical (unpaired) electrons. The van der Waals surface area contributed by atoms with E-state index in [2.05, 4.69) is 13.8 Å². The summed E-state index contributed by atoms with van der Waals surface area (Å²) < 4.78 is -2.06. The predicted molar refractivity (Wildman–Crippen MR) is 62.0 cm³/mol. The van der Waals surface area contributed by atoms with Crippen LogP contribution < -0.4 is 0 Å². The van der Waals surface area contributed by atoms with E-state index in [4.69, 9.17) is 11.8 Å². The fourth-order valence-electron chi connectivity index (χ4n) is 0.451. The van der Waals surface area contributed by atoms with Crippen LogP contribution in [0.15, 0.2) is 0 Å². The number of hydrogen-bond donors (Lipinski definition) is 1. The summed E-state index contributed by atoms with van der Waals surface area (Å²) in [7, 11) is 0. The lowest BCUT2D eigenvalue weighted by atomic mass is 10.6. The molecule has 0 heterocycles. The summed E-state index contributed by atoms with van der Waals surface area (Å²) in [5.74, 6) is 1.98. The van der Waals surface area contributed by atoms with Gasteiger partial charge in [-0.15, -0.1) is 0 Å². The molecule has 0 amide bonds. The molecule has 1 N–H and O–H groups in total. The standard InChI is InChI=1S/C6H15OPS3/c1-3-5-10-8(7,9)11-6-4-2/h3-6H2,1-2H3,(H,7,9). The molecule has 0 spiro atoms. The van der Waals surface area contributed by atoms with Crippen molar-refractivity contribution in [2.75, 3.05) is 11.5 Å². The normalized spacial score (nSPS) is 11.9. The van der Waals surface area contributed by atoms with Crippen molar-refractivity contribution in [2.45, 2.75) is 26.7 Å². The van der Waals surface area contributed by atoms with Crippen molar-refractivity contribution in [1.29, 1.82) is 0 Å². The fraction of sp³-hybridized carbons (Fsp3) is 1.00. The smallest absolute Gasteiger partial charge is 0.172 e. The Bertz CT molecular complexity index is 128. The molecule has 0 saturated carbocycles. The topological polar surface area (TPSA) is 20.2 Å². The summed E-state index contributed by atoms with van der Waals surface area (Å²) in [6.07, 6.45) is 2.19. The van der Waals surface area contributed by atoms with E-state index < -0.39 is 4.67 Å². The molecule has 68 valence electrons. The highest BCUT2D eigenvalue weighted by molar-refractivity contribution is 8.98. The minimum atomic E-state index is -2.06. The van der Waals surface area contributed by atoms with Crippen molar-refractivity contribution in [3.05, 3.63) is 0 Å². The van der Waals surface area contributed by atoms with Crippen molar-refractivity contribution < 1.29 is 4.89 Å². The highest BCUT2D eigenvalue weighted by Crippen LogP contribution is 2.66. The van der Waals surface area contributed by atoms with Gasteiger partial charge in [-0.3, -0.25) is 0 Å². The minimum Gasteiger partial charge on any atom is -0.350 e. The molecular formula is C6H15OPS3. The average Bonchev–Trinajstić information content (AvgIpc) is 1.97. The van der Waals surface area contributed by atoms with Crippen LogP contribution >= 0.6 is 27.4 Å². The third-order valence-corrected chi connectivity index (χ3v) is 9.60. The minimum absolute atomic E-state index is 0.991. The maximum absolute atomic E-state index is 9.63. The van der Waals surface area contributed by atoms with Gasteiger partial charge in [0, 0.05) is 11.5 Å². The van der Waals surface area contributed by atoms with Gasteiger partial charge in [-0.25, -0.2) is 0 Å². The molecule has 0 unspecified atom stereocenters. The van der Waals surface area contributed by atoms with Crippen LogP contribution in [0, 0.1) is 0 Å². The Labute approximate surface area is 82.3 Å². The van der Waals surface area contributed by atoms with Crippen molar-refractivity contribution in [3.63, 3.8) is 0 Å². The second-order valence-electron chi connectivity index (χ2n) is 2.14. The van der Waals surface area contributed by atoms with Gasteiger partial charge in [0.25, 0.3) is 0 Å². The SMILES string of the molecule is CCCSP(O)(=S)SCCC. The van der Waals surface area contributed by atoms with Crippen LogP contribution in [-0.2, 0) is 11.8 Å². The van der Waals surface area contributed by atoms with E-state index in [1.807, 2.05) is 0 Å². The molecule has 0 aromatic heterocycles. The molecule has 11 heavy (non-hydrogen) atoms. The molecule has 0 fully saturated rings. The molecule has 5 heteroatoms. The summed E-state index contributed by atoms with van der Waals surface area (Å²) in [5.41, 5.74) is 0. The summed E-state index contributed by atoms with van der Waals surface area (Å²) >= 11 is 8.19. The maximum Gasteiger partial charge on any atom is 0.172 e. The molecule has 0 aliphatic carbocycles. The van der Waals surface area contributed by atoms with Gasteiger partial charge in [0.15, 0.2) is 4.67 Å². The fourth-order valence-corrected chi connectivity index (χ4v) is 7.41. The Morgan fingerprint density at radius 2 is 1.55 bits per heavy atom. The van der Waals surface area contributed by atoms with Crippen LogP contribution in [0.25, 0.3) is 0 Å². The van der Waals surface area contributed by atoms with Gasteiger partial charge in [0.05, 0.1) is 0 Å². The lowest BCUT2D eigenvalue weighted by Gasteiger charge is -2.11. The van der Waals surface area contributed by atoms with Crippen LogP contribution in [-0.4, -0.2) is 16.4 Å². The lowest BCUT2D eigenvalue weighted by molar-refractivity contribution is 0.654. The molecule has 0 aliphatic heterocycles. The third kappa shape index (κ3) is 7.66. The number of rotatable bonds is 6. The lowest BCUT2D eigenvalue weighted by Crippen LogP contribution is -1.76. The van der Waals surface area contributed by atoms with Gasteiger partial charge in [-0.05, 0) is 24.6 Å². The quantitative estimate of drug-likeness (QED) is 0.704. The summed E-state index contributed by atoms with van der Waals surface area (Å²) in [6, 6.07) is 0. The molecule has 0 aliphatic rings. The first kappa shape index (κ1) is 12.3. The van der Waals surface area contributed by atoms with Crippen LogP contribution in [0.1, 0.15) is 26.7 Å². The zero-order valence-corrected chi connectivity index (χ0v) is 10.3. The summed E-state index contributed by atoms with van der Waals surface area (Å²) in [4.78, 5) is 9.63. The number of hydrogen-bond acceptors (Lipinski definition) is 3. The Hall–Kier alpha value is 1.31. The summed E-state index contributed by atoms with van der Waals surface area (Å²) in [5, 5.41) is 0. The van der Waals surface area contributed by atoms with Gasteiger partial charge >= 0.3 is 0 Å². The Kier molecular flexibility index (Phi) is 7.59. The monoisotopic (exact) mass is 230 g/mol. The van der Waals surface area contributed by atoms with E-state index in [1.54, 1.807) is 22.8 Å². The van der Waals surface area contributed by atoms with Crippen molar-refractivity contribution in [3.8, 4) is 0 Å². The first-order valence-electron chi connectivity index (χ1n) is 3.74. The summed E-state index contributed by atoms with van der Waals surface area (Å²) in [6.45, 7) is 4.21. The third-order valence-electron chi connectivity index (χ3n) is 0.917. The van der Waals surface area contributed by atoms with Crippen LogP contribution in [0.3, 0.4) is 0 Å². The molecule has 0 atom stereocenters. The van der Waals surface area contributed by atoms with Crippen molar-refractivity contribution in [1.82, 2.24) is 0 Å². The molecular weight excluding hydrogens is 215 g/mol. The van der Waals surface area contributed by atoms with E-state index in [1.165, 1.54) is 0 Å². The average molecular weight is 230 g/mol. The Morgan fingerprint density at radius 1 is 1.18 bits per heavy atom. The Balaban J connectivity index is 3.53. The van der Waals surface area contributed by atoms with Gasteiger partial charge in [-0.1, -0.05) is 36.6 Å². The van der Waals surface area contributed by atoms with Gasteiger partial charge in [0.2, 0.25) is 0 Å². The predicted octanol–water partition coefficient (Wildman–Crippen LogP) is 3.49. The zero-order valence-electron chi connectivity index (χ0n) is 6.95. The molecule has 0 saturated heterocycles. The van der Waals surface area contributed by atoms with E-state index >= 15 is 0 Å². The zero-order chi connectivity index (χ0) is 8.74. The highest BCUT2D eigenvalue weighted by Gasteiger charge is 2.11. The van der Waals surface area contributed by atoms with E-state index in [0.29, 0.717) is 0 Å². The second kappa shape index (κ2) is 6.79. The van der Waals surface area contributed by atoms with Gasteiger partial charge in [-0.2, -0.15) is 0 Å². The van der Waals surface area contributed by atoms with Crippen LogP contribution in [0.2, 0.25) is 0 Å².